The molecule has 0 bridgehead atoms. The molecule has 0 aromatic heterocycles. The van der Waals surface area contributed by atoms with Gasteiger partial charge in [-0.2, -0.15) is 13.2 Å². The number of aliphatic hydroxyl groups excluding tert-OH is 1. The summed E-state index contributed by atoms with van der Waals surface area (Å²) in [5, 5.41) is 9.90. The van der Waals surface area contributed by atoms with Gasteiger partial charge in [0.05, 0.1) is 18.2 Å². The van der Waals surface area contributed by atoms with Crippen LogP contribution in [0.2, 0.25) is 0 Å². The highest BCUT2D eigenvalue weighted by Crippen LogP contribution is 2.40. The Bertz CT molecular complexity index is 587. The van der Waals surface area contributed by atoms with Gasteiger partial charge in [0, 0.05) is 25.7 Å². The number of carbonyl (C=O) groups is 1. The summed E-state index contributed by atoms with van der Waals surface area (Å²) in [4.78, 5) is 15.5. The summed E-state index contributed by atoms with van der Waals surface area (Å²) in [6.45, 7) is 1.68. The lowest BCUT2D eigenvalue weighted by Crippen LogP contribution is -2.47. The molecule has 2 saturated heterocycles. The first-order chi connectivity index (χ1) is 10.9. The number of aliphatic hydroxyl groups is 1. The Morgan fingerprint density at radius 3 is 2.57 bits per heavy atom. The van der Waals surface area contributed by atoms with E-state index in [2.05, 4.69) is 0 Å². The molecule has 0 spiro atoms. The zero-order valence-electron chi connectivity index (χ0n) is 12.6. The van der Waals surface area contributed by atoms with Crippen molar-refractivity contribution >= 4 is 5.91 Å². The van der Waals surface area contributed by atoms with E-state index in [1.807, 2.05) is 0 Å². The molecule has 1 aromatic carbocycles. The van der Waals surface area contributed by atoms with Gasteiger partial charge in [-0.25, -0.2) is 0 Å². The van der Waals surface area contributed by atoms with Gasteiger partial charge in [0.1, 0.15) is 0 Å². The maximum atomic E-state index is 13.2. The average molecular weight is 328 g/mol. The van der Waals surface area contributed by atoms with Crippen molar-refractivity contribution in [3.8, 4) is 0 Å². The number of rotatable bonds is 3. The number of hydrogen-bond acceptors (Lipinski definition) is 3. The molecule has 0 radical (unpaired) electrons. The van der Waals surface area contributed by atoms with Gasteiger partial charge >= 0.3 is 6.18 Å². The molecule has 2 atom stereocenters. The molecule has 0 saturated carbocycles. The lowest BCUT2D eigenvalue weighted by molar-refractivity contribution is -0.138. The smallest absolute Gasteiger partial charge is 0.392 e. The van der Waals surface area contributed by atoms with Gasteiger partial charge in [0.25, 0.3) is 0 Å². The minimum absolute atomic E-state index is 0.0495. The van der Waals surface area contributed by atoms with E-state index in [0.717, 1.165) is 12.5 Å². The Labute approximate surface area is 132 Å². The van der Waals surface area contributed by atoms with Gasteiger partial charge < -0.3 is 10.0 Å². The molecule has 1 amide bonds. The Hall–Kier alpha value is -1.60. The number of hydrogen-bond donors (Lipinski definition) is 1. The van der Waals surface area contributed by atoms with E-state index in [-0.39, 0.29) is 31.0 Å². The second-order valence-electron chi connectivity index (χ2n) is 6.15. The van der Waals surface area contributed by atoms with Gasteiger partial charge in [-0.3, -0.25) is 9.69 Å². The van der Waals surface area contributed by atoms with Crippen LogP contribution < -0.4 is 0 Å². The third-order valence-electron chi connectivity index (χ3n) is 4.55. The minimum Gasteiger partial charge on any atom is -0.392 e. The molecule has 126 valence electrons. The van der Waals surface area contributed by atoms with E-state index in [9.17, 15) is 23.1 Å². The van der Waals surface area contributed by atoms with Crippen LogP contribution >= 0.6 is 0 Å². The predicted molar refractivity (Wildman–Crippen MR) is 77.6 cm³/mol. The quantitative estimate of drug-likeness (QED) is 0.923. The Balaban J connectivity index is 1.83. The summed E-state index contributed by atoms with van der Waals surface area (Å²) in [5.41, 5.74) is -0.562. The number of alkyl halides is 3. The van der Waals surface area contributed by atoms with Gasteiger partial charge in [0.15, 0.2) is 0 Å². The lowest BCUT2D eigenvalue weighted by Gasteiger charge is -2.34. The van der Waals surface area contributed by atoms with Crippen molar-refractivity contribution in [2.45, 2.75) is 31.2 Å². The predicted octanol–water partition coefficient (Wildman–Crippen LogP) is 2.05. The Morgan fingerprint density at radius 2 is 1.96 bits per heavy atom. The maximum Gasteiger partial charge on any atom is 0.416 e. The van der Waals surface area contributed by atoms with Crippen molar-refractivity contribution in [2.24, 2.45) is 0 Å². The average Bonchev–Trinajstić information content (AvgIpc) is 2.76. The molecule has 0 unspecified atom stereocenters. The summed E-state index contributed by atoms with van der Waals surface area (Å²) in [5.74, 6) is -0.0835. The third-order valence-corrected chi connectivity index (χ3v) is 4.55. The molecule has 1 N–H and O–H groups in total. The van der Waals surface area contributed by atoms with Crippen molar-refractivity contribution in [1.82, 2.24) is 9.80 Å². The molecular weight excluding hydrogens is 309 g/mol. The van der Waals surface area contributed by atoms with Crippen LogP contribution in [0.5, 0.6) is 0 Å². The SMILES string of the molecule is O=C(CN1C[C@@H](O)C[C@@H]1c1ccccc1C(F)(F)F)N1CCC1. The number of nitrogens with zero attached hydrogens (tertiary/aromatic N) is 2. The molecule has 2 fully saturated rings. The van der Waals surface area contributed by atoms with Crippen LogP contribution in [0.1, 0.15) is 30.0 Å². The van der Waals surface area contributed by atoms with Gasteiger partial charge in [-0.15, -0.1) is 0 Å². The molecule has 23 heavy (non-hydrogen) atoms. The van der Waals surface area contributed by atoms with Crippen LogP contribution in [0.25, 0.3) is 0 Å². The van der Waals surface area contributed by atoms with Crippen LogP contribution in [0.3, 0.4) is 0 Å². The van der Waals surface area contributed by atoms with Crippen LogP contribution in [0.4, 0.5) is 13.2 Å². The molecule has 2 aliphatic heterocycles. The number of benzene rings is 1. The summed E-state index contributed by atoms with van der Waals surface area (Å²) in [6, 6.07) is 4.81. The summed E-state index contributed by atoms with van der Waals surface area (Å²) in [7, 11) is 0. The normalized spacial score (nSPS) is 25.5. The van der Waals surface area contributed by atoms with E-state index < -0.39 is 23.9 Å². The molecule has 2 aliphatic rings. The van der Waals surface area contributed by atoms with Gasteiger partial charge in [-0.1, -0.05) is 18.2 Å². The van der Waals surface area contributed by atoms with Crippen LogP contribution in [-0.4, -0.2) is 53.1 Å². The second kappa shape index (κ2) is 6.13. The fourth-order valence-corrected chi connectivity index (χ4v) is 3.26. The van der Waals surface area contributed by atoms with Crippen LogP contribution in [-0.2, 0) is 11.0 Å². The van der Waals surface area contributed by atoms with E-state index in [1.54, 1.807) is 15.9 Å². The zero-order chi connectivity index (χ0) is 16.6. The monoisotopic (exact) mass is 328 g/mol. The highest BCUT2D eigenvalue weighted by atomic mass is 19.4. The largest absolute Gasteiger partial charge is 0.416 e. The summed E-state index contributed by atoms with van der Waals surface area (Å²) < 4.78 is 39.7. The van der Waals surface area contributed by atoms with Crippen molar-refractivity contribution in [2.75, 3.05) is 26.2 Å². The van der Waals surface area contributed by atoms with E-state index in [1.165, 1.54) is 12.1 Å². The molecular formula is C16H19F3N2O2. The molecule has 7 heteroatoms. The fourth-order valence-electron chi connectivity index (χ4n) is 3.26. The number of likely N-dealkylation sites (tertiary alicyclic amines) is 2. The van der Waals surface area contributed by atoms with Crippen molar-refractivity contribution in [3.63, 3.8) is 0 Å². The first-order valence-electron chi connectivity index (χ1n) is 7.72. The number of halogens is 3. The molecule has 0 aliphatic carbocycles. The van der Waals surface area contributed by atoms with Gasteiger partial charge in [0.2, 0.25) is 5.91 Å². The highest BCUT2D eigenvalue weighted by Gasteiger charge is 2.40. The Kier molecular flexibility index (Phi) is 4.33. The molecule has 4 nitrogen and oxygen atoms in total. The van der Waals surface area contributed by atoms with Crippen molar-refractivity contribution in [1.29, 1.82) is 0 Å². The summed E-state index contributed by atoms with van der Waals surface area (Å²) >= 11 is 0. The van der Waals surface area contributed by atoms with Crippen LogP contribution in [0, 0.1) is 0 Å². The Morgan fingerprint density at radius 1 is 1.26 bits per heavy atom. The van der Waals surface area contributed by atoms with E-state index in [4.69, 9.17) is 0 Å². The third kappa shape index (κ3) is 3.35. The van der Waals surface area contributed by atoms with Crippen LogP contribution in [0.15, 0.2) is 24.3 Å². The molecule has 1 aromatic rings. The topological polar surface area (TPSA) is 43.8 Å². The van der Waals surface area contributed by atoms with E-state index in [0.29, 0.717) is 13.1 Å². The number of amides is 1. The van der Waals surface area contributed by atoms with E-state index >= 15 is 0 Å². The number of carbonyl (C=O) groups excluding carboxylic acids is 1. The van der Waals surface area contributed by atoms with Crippen molar-refractivity contribution < 1.29 is 23.1 Å². The molecule has 3 rings (SSSR count). The second-order valence-corrected chi connectivity index (χ2v) is 6.15. The molecule has 2 heterocycles. The first kappa shape index (κ1) is 16.3. The number of β-amino-alcohol motifs (C(OH)–C–C–N with tert-alkyl or cyclic N) is 1. The first-order valence-corrected chi connectivity index (χ1v) is 7.72. The van der Waals surface area contributed by atoms with Crippen molar-refractivity contribution in [3.05, 3.63) is 35.4 Å². The standard InChI is InChI=1S/C16H19F3N2O2/c17-16(18,19)13-5-2-1-4-12(13)14-8-11(22)9-21(14)10-15(23)20-6-3-7-20/h1-2,4-5,11,14,22H,3,6-10H2/t11-,14+/m0/s1. The van der Waals surface area contributed by atoms with Gasteiger partial charge in [-0.05, 0) is 24.5 Å². The minimum atomic E-state index is -4.45. The zero-order valence-corrected chi connectivity index (χ0v) is 12.6. The lowest BCUT2D eigenvalue weighted by atomic mass is 9.97. The maximum absolute atomic E-state index is 13.2. The fraction of sp³-hybridized carbons (Fsp3) is 0.562. The summed E-state index contributed by atoms with van der Waals surface area (Å²) in [6.07, 6.45) is -3.99. The highest BCUT2D eigenvalue weighted by molar-refractivity contribution is 5.79.